The van der Waals surface area contributed by atoms with Gasteiger partial charge in [0, 0.05) is 18.8 Å². The normalized spacial score (nSPS) is 28.1. The molecule has 1 rings (SSSR count). The Bertz CT molecular complexity index is 445. The van der Waals surface area contributed by atoms with Gasteiger partial charge in [-0.05, 0) is 37.6 Å². The molecule has 0 unspecified atom stereocenters. The van der Waals surface area contributed by atoms with E-state index in [1.807, 2.05) is 13.8 Å². The molecule has 0 aromatic heterocycles. The standard InChI is InChI=1S/C15H22O4/c1-10-8-13(17)9-14(4,5)15(10,18)7-6-11(2)19-12(3)16/h6-8,11,18H,9H2,1-5H3/b7-6-/t11-,15+/m1/s1. The summed E-state index contributed by atoms with van der Waals surface area (Å²) in [6.07, 6.45) is 4.62. The van der Waals surface area contributed by atoms with E-state index in [1.165, 1.54) is 13.0 Å². The lowest BCUT2D eigenvalue weighted by molar-refractivity contribution is -0.143. The van der Waals surface area contributed by atoms with Crippen molar-refractivity contribution in [3.8, 4) is 0 Å². The van der Waals surface area contributed by atoms with Crippen molar-refractivity contribution in [1.29, 1.82) is 0 Å². The van der Waals surface area contributed by atoms with Crippen LogP contribution in [0.4, 0.5) is 0 Å². The number of carbonyl (C=O) groups is 2. The predicted octanol–water partition coefficient (Wildman–Crippen LogP) is 2.17. The molecule has 19 heavy (non-hydrogen) atoms. The number of hydrogen-bond acceptors (Lipinski definition) is 4. The van der Waals surface area contributed by atoms with Crippen LogP contribution in [0.5, 0.6) is 0 Å². The highest BCUT2D eigenvalue weighted by Crippen LogP contribution is 2.44. The zero-order chi connectivity index (χ0) is 14.8. The number of ketones is 1. The Morgan fingerprint density at radius 1 is 1.53 bits per heavy atom. The van der Waals surface area contributed by atoms with E-state index in [9.17, 15) is 14.7 Å². The Kier molecular flexibility index (Phi) is 4.35. The van der Waals surface area contributed by atoms with Crippen LogP contribution in [0.2, 0.25) is 0 Å². The van der Waals surface area contributed by atoms with Gasteiger partial charge in [-0.2, -0.15) is 0 Å². The average molecular weight is 266 g/mol. The van der Waals surface area contributed by atoms with Crippen molar-refractivity contribution in [3.05, 3.63) is 23.8 Å². The molecular weight excluding hydrogens is 244 g/mol. The Balaban J connectivity index is 3.01. The highest BCUT2D eigenvalue weighted by atomic mass is 16.5. The SMILES string of the molecule is CC(=O)O[C@H](C)/C=C\[C@]1(O)C(C)=CC(=O)CC1(C)C. The summed E-state index contributed by atoms with van der Waals surface area (Å²) in [5, 5.41) is 10.8. The molecule has 106 valence electrons. The number of carbonyl (C=O) groups excluding carboxylic acids is 2. The summed E-state index contributed by atoms with van der Waals surface area (Å²) in [7, 11) is 0. The van der Waals surface area contributed by atoms with Crippen LogP contribution in [0, 0.1) is 5.41 Å². The van der Waals surface area contributed by atoms with Crippen molar-refractivity contribution in [3.63, 3.8) is 0 Å². The number of rotatable bonds is 3. The minimum absolute atomic E-state index is 0.0219. The first kappa shape index (κ1) is 15.6. The third-order valence-electron chi connectivity index (χ3n) is 3.59. The maximum atomic E-state index is 11.6. The summed E-state index contributed by atoms with van der Waals surface area (Å²) in [4.78, 5) is 22.4. The van der Waals surface area contributed by atoms with E-state index in [0.29, 0.717) is 5.57 Å². The molecule has 2 atom stereocenters. The number of allylic oxidation sites excluding steroid dienone is 1. The van der Waals surface area contributed by atoms with Gasteiger partial charge in [-0.3, -0.25) is 9.59 Å². The minimum Gasteiger partial charge on any atom is -0.459 e. The molecule has 0 aromatic carbocycles. The second-order valence-corrected chi connectivity index (χ2v) is 5.79. The van der Waals surface area contributed by atoms with Crippen LogP contribution in [-0.2, 0) is 14.3 Å². The predicted molar refractivity (Wildman–Crippen MR) is 72.5 cm³/mol. The molecule has 0 saturated heterocycles. The lowest BCUT2D eigenvalue weighted by atomic mass is 9.64. The minimum atomic E-state index is -1.20. The second kappa shape index (κ2) is 5.29. The number of esters is 1. The maximum absolute atomic E-state index is 11.6. The first-order chi connectivity index (χ1) is 8.58. The summed E-state index contributed by atoms with van der Waals surface area (Å²) in [6, 6.07) is 0. The van der Waals surface area contributed by atoms with Gasteiger partial charge >= 0.3 is 5.97 Å². The van der Waals surface area contributed by atoms with Crippen molar-refractivity contribution in [2.75, 3.05) is 0 Å². The van der Waals surface area contributed by atoms with E-state index in [-0.39, 0.29) is 18.2 Å². The highest BCUT2D eigenvalue weighted by molar-refractivity contribution is 5.92. The van der Waals surface area contributed by atoms with Crippen LogP contribution in [0.1, 0.15) is 41.0 Å². The first-order valence-electron chi connectivity index (χ1n) is 6.39. The molecule has 1 aliphatic carbocycles. The van der Waals surface area contributed by atoms with E-state index in [0.717, 1.165) is 0 Å². The molecular formula is C15H22O4. The van der Waals surface area contributed by atoms with E-state index in [1.54, 1.807) is 26.0 Å². The fraction of sp³-hybridized carbons (Fsp3) is 0.600. The third-order valence-corrected chi connectivity index (χ3v) is 3.59. The zero-order valence-electron chi connectivity index (χ0n) is 12.2. The Hall–Kier alpha value is -1.42. The Morgan fingerprint density at radius 2 is 2.11 bits per heavy atom. The van der Waals surface area contributed by atoms with Crippen molar-refractivity contribution >= 4 is 11.8 Å². The first-order valence-corrected chi connectivity index (χ1v) is 6.39. The number of hydrogen-bond donors (Lipinski definition) is 1. The van der Waals surface area contributed by atoms with E-state index in [2.05, 4.69) is 0 Å². The van der Waals surface area contributed by atoms with Crippen LogP contribution in [0.25, 0.3) is 0 Å². The molecule has 1 N–H and O–H groups in total. The molecule has 0 aromatic rings. The van der Waals surface area contributed by atoms with Gasteiger partial charge in [0.2, 0.25) is 0 Å². The zero-order valence-corrected chi connectivity index (χ0v) is 12.2. The van der Waals surface area contributed by atoms with Gasteiger partial charge in [0.05, 0.1) is 0 Å². The molecule has 0 saturated carbocycles. The van der Waals surface area contributed by atoms with E-state index >= 15 is 0 Å². The molecule has 1 aliphatic rings. The lowest BCUT2D eigenvalue weighted by Crippen LogP contribution is -2.48. The van der Waals surface area contributed by atoms with Crippen molar-refractivity contribution < 1.29 is 19.4 Å². The lowest BCUT2D eigenvalue weighted by Gasteiger charge is -2.44. The third kappa shape index (κ3) is 3.32. The van der Waals surface area contributed by atoms with Gasteiger partial charge in [-0.15, -0.1) is 0 Å². The van der Waals surface area contributed by atoms with Gasteiger partial charge in [0.25, 0.3) is 0 Å². The van der Waals surface area contributed by atoms with Gasteiger partial charge in [0.1, 0.15) is 11.7 Å². The van der Waals surface area contributed by atoms with Gasteiger partial charge in [-0.1, -0.05) is 13.8 Å². The second-order valence-electron chi connectivity index (χ2n) is 5.79. The summed E-state index contributed by atoms with van der Waals surface area (Å²) in [6.45, 7) is 8.50. The Labute approximate surface area is 114 Å². The van der Waals surface area contributed by atoms with Gasteiger partial charge in [-0.25, -0.2) is 0 Å². The Morgan fingerprint density at radius 3 is 2.58 bits per heavy atom. The fourth-order valence-corrected chi connectivity index (χ4v) is 2.44. The van der Waals surface area contributed by atoms with Crippen LogP contribution in [0.15, 0.2) is 23.8 Å². The highest BCUT2D eigenvalue weighted by Gasteiger charge is 2.46. The summed E-state index contributed by atoms with van der Waals surface area (Å²) >= 11 is 0. The molecule has 0 spiro atoms. The molecule has 4 nitrogen and oxygen atoms in total. The molecule has 0 heterocycles. The molecule has 0 bridgehead atoms. The summed E-state index contributed by atoms with van der Waals surface area (Å²) in [5.74, 6) is -0.344. The largest absolute Gasteiger partial charge is 0.459 e. The van der Waals surface area contributed by atoms with Crippen molar-refractivity contribution in [2.24, 2.45) is 5.41 Å². The summed E-state index contributed by atoms with van der Waals surface area (Å²) < 4.78 is 4.99. The van der Waals surface area contributed by atoms with Gasteiger partial charge in [0.15, 0.2) is 5.78 Å². The van der Waals surface area contributed by atoms with Crippen LogP contribution >= 0.6 is 0 Å². The van der Waals surface area contributed by atoms with Crippen LogP contribution in [0.3, 0.4) is 0 Å². The van der Waals surface area contributed by atoms with Crippen LogP contribution < -0.4 is 0 Å². The van der Waals surface area contributed by atoms with E-state index in [4.69, 9.17) is 4.74 Å². The maximum Gasteiger partial charge on any atom is 0.303 e. The van der Waals surface area contributed by atoms with Crippen molar-refractivity contribution in [2.45, 2.75) is 52.7 Å². The number of ether oxygens (including phenoxy) is 1. The average Bonchev–Trinajstić information content (AvgIpc) is 2.21. The monoisotopic (exact) mass is 266 g/mol. The summed E-state index contributed by atoms with van der Waals surface area (Å²) in [5.41, 5.74) is -1.18. The molecule has 0 fully saturated rings. The van der Waals surface area contributed by atoms with Crippen molar-refractivity contribution in [1.82, 2.24) is 0 Å². The number of aliphatic hydroxyl groups is 1. The molecule has 0 radical (unpaired) electrons. The quantitative estimate of drug-likeness (QED) is 0.628. The molecule has 0 amide bonds. The van der Waals surface area contributed by atoms with E-state index < -0.39 is 17.1 Å². The van der Waals surface area contributed by atoms with Crippen LogP contribution in [-0.4, -0.2) is 28.6 Å². The fourth-order valence-electron chi connectivity index (χ4n) is 2.44. The smallest absolute Gasteiger partial charge is 0.303 e. The molecule has 0 aliphatic heterocycles. The van der Waals surface area contributed by atoms with Gasteiger partial charge < -0.3 is 9.84 Å². The topological polar surface area (TPSA) is 63.6 Å². The molecule has 4 heteroatoms.